The zero-order chi connectivity index (χ0) is 12.6. The van der Waals surface area contributed by atoms with E-state index in [9.17, 15) is 0 Å². The molecule has 18 heavy (non-hydrogen) atoms. The Morgan fingerprint density at radius 2 is 2.17 bits per heavy atom. The van der Waals surface area contributed by atoms with Gasteiger partial charge in [-0.2, -0.15) is 11.8 Å². The molecule has 0 saturated heterocycles. The number of rotatable bonds is 3. The van der Waals surface area contributed by atoms with Crippen molar-refractivity contribution in [1.29, 1.82) is 0 Å². The van der Waals surface area contributed by atoms with E-state index in [1.807, 2.05) is 11.8 Å². The molecule has 1 fully saturated rings. The summed E-state index contributed by atoms with van der Waals surface area (Å²) in [6.07, 6.45) is 5.29. The Balaban J connectivity index is 1.77. The van der Waals surface area contributed by atoms with E-state index in [-0.39, 0.29) is 6.10 Å². The van der Waals surface area contributed by atoms with E-state index in [0.717, 1.165) is 18.8 Å². The second-order valence-corrected chi connectivity index (χ2v) is 6.87. The van der Waals surface area contributed by atoms with Gasteiger partial charge in [-0.15, -0.1) is 0 Å². The number of ether oxygens (including phenoxy) is 1. The largest absolute Gasteiger partial charge is 0.489 e. The van der Waals surface area contributed by atoms with Crippen LogP contribution in [0.3, 0.4) is 0 Å². The lowest BCUT2D eigenvalue weighted by atomic mass is 10.2. The Labute approximate surface area is 114 Å². The maximum atomic E-state index is 6.01. The van der Waals surface area contributed by atoms with E-state index in [2.05, 4.69) is 42.3 Å². The van der Waals surface area contributed by atoms with Crippen LogP contribution in [0.15, 0.2) is 24.3 Å². The first-order valence-electron chi connectivity index (χ1n) is 6.73. The molecule has 1 aromatic carbocycles. The molecule has 1 aromatic rings. The van der Waals surface area contributed by atoms with Crippen LogP contribution in [0.1, 0.15) is 25.3 Å². The van der Waals surface area contributed by atoms with Crippen molar-refractivity contribution in [2.45, 2.75) is 37.2 Å². The first-order chi connectivity index (χ1) is 8.71. The summed E-state index contributed by atoms with van der Waals surface area (Å²) in [5, 5.41) is 0. The smallest absolute Gasteiger partial charge is 0.124 e. The van der Waals surface area contributed by atoms with Gasteiger partial charge < -0.3 is 4.74 Å². The molecule has 2 nitrogen and oxygen atoms in total. The van der Waals surface area contributed by atoms with Crippen LogP contribution in [-0.2, 0) is 6.54 Å². The van der Waals surface area contributed by atoms with Gasteiger partial charge in [0, 0.05) is 29.9 Å². The van der Waals surface area contributed by atoms with Crippen molar-refractivity contribution < 1.29 is 4.74 Å². The van der Waals surface area contributed by atoms with Gasteiger partial charge in [-0.1, -0.05) is 18.2 Å². The number of benzene rings is 1. The molecular weight excluding hydrogens is 242 g/mol. The summed E-state index contributed by atoms with van der Waals surface area (Å²) in [6, 6.07) is 8.46. The third-order valence-corrected chi connectivity index (χ3v) is 5.37. The Bertz CT molecular complexity index is 430. The molecule has 1 aliphatic carbocycles. The maximum absolute atomic E-state index is 6.01. The molecule has 1 atom stereocenters. The monoisotopic (exact) mass is 263 g/mol. The summed E-state index contributed by atoms with van der Waals surface area (Å²) in [7, 11) is 0. The number of thioether (sulfide) groups is 1. The lowest BCUT2D eigenvalue weighted by Gasteiger charge is -2.26. The minimum Gasteiger partial charge on any atom is -0.489 e. The van der Waals surface area contributed by atoms with Crippen LogP contribution in [0.2, 0.25) is 0 Å². The molecule has 2 aliphatic rings. The second-order valence-electron chi connectivity index (χ2n) is 5.59. The number of fused-ring (bicyclic) bond motifs is 1. The summed E-state index contributed by atoms with van der Waals surface area (Å²) in [5.41, 5.74) is 1.33. The average Bonchev–Trinajstić information content (AvgIpc) is 3.13. The molecule has 0 N–H and O–H groups in total. The Morgan fingerprint density at radius 3 is 2.89 bits per heavy atom. The Hall–Kier alpha value is -0.670. The second kappa shape index (κ2) is 4.78. The topological polar surface area (TPSA) is 12.5 Å². The van der Waals surface area contributed by atoms with Crippen molar-refractivity contribution in [3.8, 4) is 5.75 Å². The van der Waals surface area contributed by atoms with Crippen LogP contribution >= 0.6 is 11.8 Å². The standard InChI is InChI=1S/C15H21NOS/c1-12-9-16(11-15(18-2)7-8-15)10-13-5-3-4-6-14(13)17-12/h3-6,12H,7-11H2,1-2H3. The molecule has 1 heterocycles. The highest BCUT2D eigenvalue weighted by Gasteiger charge is 2.43. The summed E-state index contributed by atoms with van der Waals surface area (Å²) in [4.78, 5) is 2.57. The van der Waals surface area contributed by atoms with Gasteiger partial charge in [0.25, 0.3) is 0 Å². The Kier molecular flexibility index (Phi) is 3.29. The summed E-state index contributed by atoms with van der Waals surface area (Å²) in [6.45, 7) is 5.45. The third-order valence-electron chi connectivity index (χ3n) is 3.96. The van der Waals surface area contributed by atoms with E-state index in [0.29, 0.717) is 4.75 Å². The first-order valence-corrected chi connectivity index (χ1v) is 7.95. The SMILES string of the molecule is CSC1(CN2Cc3ccccc3OC(C)C2)CC1. The van der Waals surface area contributed by atoms with Crippen molar-refractivity contribution in [3.05, 3.63) is 29.8 Å². The van der Waals surface area contributed by atoms with Crippen molar-refractivity contribution in [3.63, 3.8) is 0 Å². The molecule has 0 amide bonds. The van der Waals surface area contributed by atoms with Gasteiger partial charge in [0.2, 0.25) is 0 Å². The van der Waals surface area contributed by atoms with E-state index < -0.39 is 0 Å². The predicted molar refractivity (Wildman–Crippen MR) is 77.3 cm³/mol. The van der Waals surface area contributed by atoms with Crippen LogP contribution in [0.5, 0.6) is 5.75 Å². The normalized spacial score (nSPS) is 26.0. The molecule has 0 radical (unpaired) electrons. The molecule has 0 spiro atoms. The minimum absolute atomic E-state index is 0.284. The molecule has 1 unspecified atom stereocenters. The van der Waals surface area contributed by atoms with Crippen LogP contribution in [0, 0.1) is 0 Å². The molecular formula is C15H21NOS. The van der Waals surface area contributed by atoms with Gasteiger partial charge in [-0.05, 0) is 32.1 Å². The number of hydrogen-bond acceptors (Lipinski definition) is 3. The quantitative estimate of drug-likeness (QED) is 0.831. The summed E-state index contributed by atoms with van der Waals surface area (Å²) in [5.74, 6) is 1.07. The van der Waals surface area contributed by atoms with Crippen molar-refractivity contribution >= 4 is 11.8 Å². The molecule has 98 valence electrons. The molecule has 3 rings (SSSR count). The fourth-order valence-electron chi connectivity index (χ4n) is 2.77. The summed E-state index contributed by atoms with van der Waals surface area (Å²) < 4.78 is 6.55. The number of nitrogens with zero attached hydrogens (tertiary/aromatic N) is 1. The first kappa shape index (κ1) is 12.4. The van der Waals surface area contributed by atoms with Crippen LogP contribution in [0.25, 0.3) is 0 Å². The fourth-order valence-corrected chi connectivity index (χ4v) is 3.59. The predicted octanol–water partition coefficient (Wildman–Crippen LogP) is 3.17. The number of hydrogen-bond donors (Lipinski definition) is 0. The lowest BCUT2D eigenvalue weighted by molar-refractivity contribution is 0.160. The third kappa shape index (κ3) is 2.52. The molecule has 3 heteroatoms. The highest BCUT2D eigenvalue weighted by molar-refractivity contribution is 8.00. The van der Waals surface area contributed by atoms with Crippen molar-refractivity contribution in [2.75, 3.05) is 19.3 Å². The average molecular weight is 263 g/mol. The van der Waals surface area contributed by atoms with E-state index >= 15 is 0 Å². The fraction of sp³-hybridized carbons (Fsp3) is 0.600. The molecule has 1 aliphatic heterocycles. The maximum Gasteiger partial charge on any atom is 0.124 e. The van der Waals surface area contributed by atoms with Crippen molar-refractivity contribution in [1.82, 2.24) is 4.90 Å². The van der Waals surface area contributed by atoms with Gasteiger partial charge in [-0.3, -0.25) is 4.90 Å². The number of para-hydroxylation sites is 1. The van der Waals surface area contributed by atoms with Crippen LogP contribution in [0.4, 0.5) is 0 Å². The zero-order valence-corrected chi connectivity index (χ0v) is 12.0. The van der Waals surface area contributed by atoms with Gasteiger partial charge in [-0.25, -0.2) is 0 Å². The van der Waals surface area contributed by atoms with E-state index in [1.165, 1.54) is 24.9 Å². The Morgan fingerprint density at radius 1 is 1.39 bits per heavy atom. The lowest BCUT2D eigenvalue weighted by Crippen LogP contribution is -2.36. The highest BCUT2D eigenvalue weighted by atomic mass is 32.2. The van der Waals surface area contributed by atoms with Crippen LogP contribution in [-0.4, -0.2) is 35.1 Å². The van der Waals surface area contributed by atoms with Gasteiger partial charge >= 0.3 is 0 Å². The molecule has 1 saturated carbocycles. The van der Waals surface area contributed by atoms with Gasteiger partial charge in [0.15, 0.2) is 0 Å². The van der Waals surface area contributed by atoms with E-state index in [1.54, 1.807) is 0 Å². The summed E-state index contributed by atoms with van der Waals surface area (Å²) >= 11 is 2.04. The molecule has 0 aromatic heterocycles. The zero-order valence-electron chi connectivity index (χ0n) is 11.2. The minimum atomic E-state index is 0.284. The van der Waals surface area contributed by atoms with Gasteiger partial charge in [0.1, 0.15) is 11.9 Å². The van der Waals surface area contributed by atoms with Crippen molar-refractivity contribution in [2.24, 2.45) is 0 Å². The highest BCUT2D eigenvalue weighted by Crippen LogP contribution is 2.48. The van der Waals surface area contributed by atoms with Crippen LogP contribution < -0.4 is 4.74 Å². The van der Waals surface area contributed by atoms with Gasteiger partial charge in [0.05, 0.1) is 0 Å². The van der Waals surface area contributed by atoms with E-state index in [4.69, 9.17) is 4.74 Å². The molecule has 0 bridgehead atoms.